The zero-order valence-electron chi connectivity index (χ0n) is 45.0. The molecule has 4 nitrogen and oxygen atoms in total. The van der Waals surface area contributed by atoms with Gasteiger partial charge in [0.05, 0.1) is 18.8 Å². The second kappa shape index (κ2) is 57.9. The average molecular weight is 927 g/mol. The molecular weight excluding hydrogens is 807 g/mol. The van der Waals surface area contributed by atoms with E-state index in [0.29, 0.717) is 6.42 Å². The fraction of sp³-hybridized carbons (Fsp3) is 0.887. The molecule has 0 heterocycles. The van der Waals surface area contributed by atoms with E-state index < -0.39 is 12.1 Å². The van der Waals surface area contributed by atoms with Gasteiger partial charge in [0.1, 0.15) is 0 Å². The van der Waals surface area contributed by atoms with Gasteiger partial charge in [-0.25, -0.2) is 0 Å². The normalized spacial score (nSPS) is 13.0. The van der Waals surface area contributed by atoms with Crippen LogP contribution < -0.4 is 5.32 Å². The SMILES string of the molecule is CCCCCCCCCCCCCCCCC/C=C/CC/C=C/CC/C=C/C(O)C(CO)NC(=O)CCCCCCCCCCCCCCCCCCCCCCCCCCCCCCC. The van der Waals surface area contributed by atoms with E-state index in [-0.39, 0.29) is 12.5 Å². The third-order valence-corrected chi connectivity index (χ3v) is 14.1. The Kier molecular flexibility index (Phi) is 56.7. The molecule has 4 heteroatoms. The standard InChI is InChI=1S/C62H119NO3/c1-3-5-7-9-11-13-15-17-19-21-23-25-27-29-30-31-32-34-36-38-40-42-44-46-48-50-52-54-56-58-62(66)63-60(59-64)61(65)57-55-53-51-49-47-45-43-41-39-37-35-33-28-26-24-22-20-18-16-14-12-10-8-6-4-2/h39,41,47,49,55,57,60-61,64-65H,3-38,40,42-46,48,50-54,56,58-59H2,1-2H3,(H,63,66)/b41-39+,49-47+,57-55+. The second-order valence-electron chi connectivity index (χ2n) is 20.8. The zero-order chi connectivity index (χ0) is 47.7. The molecule has 0 radical (unpaired) electrons. The van der Waals surface area contributed by atoms with Crippen LogP contribution in [0.25, 0.3) is 0 Å². The Balaban J connectivity index is 3.50. The minimum atomic E-state index is -0.869. The molecule has 0 aliphatic carbocycles. The molecule has 0 aliphatic rings. The van der Waals surface area contributed by atoms with E-state index in [1.807, 2.05) is 6.08 Å². The summed E-state index contributed by atoms with van der Waals surface area (Å²) >= 11 is 0. The van der Waals surface area contributed by atoms with Gasteiger partial charge in [-0.15, -0.1) is 0 Å². The number of carbonyl (C=O) groups excluding carboxylic acids is 1. The highest BCUT2D eigenvalue weighted by Gasteiger charge is 2.18. The van der Waals surface area contributed by atoms with E-state index >= 15 is 0 Å². The van der Waals surface area contributed by atoms with E-state index in [9.17, 15) is 15.0 Å². The molecule has 0 rings (SSSR count). The van der Waals surface area contributed by atoms with Crippen LogP contribution in [0.4, 0.5) is 0 Å². The molecule has 0 aromatic rings. The lowest BCUT2D eigenvalue weighted by atomic mass is 10.0. The lowest BCUT2D eigenvalue weighted by Gasteiger charge is -2.19. The van der Waals surface area contributed by atoms with Crippen LogP contribution in [0.5, 0.6) is 0 Å². The predicted octanol–water partition coefficient (Wildman–Crippen LogP) is 20.0. The van der Waals surface area contributed by atoms with E-state index in [2.05, 4.69) is 43.5 Å². The molecule has 390 valence electrons. The molecule has 0 spiro atoms. The van der Waals surface area contributed by atoms with Crippen molar-refractivity contribution in [3.8, 4) is 0 Å². The van der Waals surface area contributed by atoms with Crippen LogP contribution in [0, 0.1) is 0 Å². The number of nitrogens with one attached hydrogen (secondary N) is 1. The Hall–Kier alpha value is -1.39. The van der Waals surface area contributed by atoms with E-state index in [0.717, 1.165) is 38.5 Å². The van der Waals surface area contributed by atoms with Gasteiger partial charge in [0.15, 0.2) is 0 Å². The maximum absolute atomic E-state index is 12.5. The minimum absolute atomic E-state index is 0.0710. The van der Waals surface area contributed by atoms with E-state index in [1.165, 1.54) is 276 Å². The van der Waals surface area contributed by atoms with Crippen LogP contribution in [-0.4, -0.2) is 34.9 Å². The summed E-state index contributed by atoms with van der Waals surface area (Å²) in [6, 6.07) is -0.644. The maximum Gasteiger partial charge on any atom is 0.220 e. The van der Waals surface area contributed by atoms with Gasteiger partial charge in [0.2, 0.25) is 5.91 Å². The van der Waals surface area contributed by atoms with E-state index in [4.69, 9.17) is 0 Å². The van der Waals surface area contributed by atoms with Crippen molar-refractivity contribution in [3.05, 3.63) is 36.5 Å². The topological polar surface area (TPSA) is 69.6 Å². The Bertz CT molecular complexity index is 1010. The average Bonchev–Trinajstić information content (AvgIpc) is 3.32. The predicted molar refractivity (Wildman–Crippen MR) is 295 cm³/mol. The number of aliphatic hydroxyl groups excluding tert-OH is 2. The Morgan fingerprint density at radius 1 is 0.348 bits per heavy atom. The van der Waals surface area contributed by atoms with Crippen molar-refractivity contribution in [2.75, 3.05) is 6.61 Å². The number of unbranched alkanes of at least 4 members (excludes halogenated alkanes) is 45. The molecule has 0 saturated heterocycles. The van der Waals surface area contributed by atoms with E-state index in [1.54, 1.807) is 6.08 Å². The van der Waals surface area contributed by atoms with Crippen molar-refractivity contribution >= 4 is 5.91 Å². The third kappa shape index (κ3) is 53.6. The van der Waals surface area contributed by atoms with Crippen molar-refractivity contribution in [3.63, 3.8) is 0 Å². The Morgan fingerprint density at radius 3 is 0.879 bits per heavy atom. The summed E-state index contributed by atoms with van der Waals surface area (Å²) in [5.74, 6) is -0.0710. The van der Waals surface area contributed by atoms with Crippen LogP contribution in [-0.2, 0) is 4.79 Å². The van der Waals surface area contributed by atoms with Gasteiger partial charge in [0, 0.05) is 6.42 Å². The number of amides is 1. The number of rotatable bonds is 56. The Morgan fingerprint density at radius 2 is 0.591 bits per heavy atom. The second-order valence-corrected chi connectivity index (χ2v) is 20.8. The van der Waals surface area contributed by atoms with Crippen LogP contribution >= 0.6 is 0 Å². The smallest absolute Gasteiger partial charge is 0.220 e. The lowest BCUT2D eigenvalue weighted by molar-refractivity contribution is -0.123. The molecule has 0 fully saturated rings. The molecule has 0 saturated carbocycles. The van der Waals surface area contributed by atoms with Gasteiger partial charge in [-0.2, -0.15) is 0 Å². The number of hydrogen-bond donors (Lipinski definition) is 3. The minimum Gasteiger partial charge on any atom is -0.394 e. The quantitative estimate of drug-likeness (QED) is 0.0420. The van der Waals surface area contributed by atoms with Gasteiger partial charge in [0.25, 0.3) is 0 Å². The first-order chi connectivity index (χ1) is 32.7. The highest BCUT2D eigenvalue weighted by Crippen LogP contribution is 2.18. The summed E-state index contributed by atoms with van der Waals surface area (Å²) in [5.41, 5.74) is 0. The highest BCUT2D eigenvalue weighted by atomic mass is 16.3. The molecule has 0 aliphatic heterocycles. The maximum atomic E-state index is 12.5. The molecule has 2 unspecified atom stereocenters. The number of carbonyl (C=O) groups is 1. The first-order valence-corrected chi connectivity index (χ1v) is 30.2. The van der Waals surface area contributed by atoms with Gasteiger partial charge in [-0.1, -0.05) is 320 Å². The third-order valence-electron chi connectivity index (χ3n) is 14.1. The van der Waals surface area contributed by atoms with Gasteiger partial charge < -0.3 is 15.5 Å². The molecule has 3 N–H and O–H groups in total. The lowest BCUT2D eigenvalue weighted by Crippen LogP contribution is -2.45. The first kappa shape index (κ1) is 64.6. The summed E-state index contributed by atoms with van der Waals surface area (Å²) in [6.45, 7) is 4.33. The Labute approximate surface area is 414 Å². The monoisotopic (exact) mass is 926 g/mol. The van der Waals surface area contributed by atoms with Crippen LogP contribution in [0.15, 0.2) is 36.5 Å². The van der Waals surface area contributed by atoms with Crippen molar-refractivity contribution in [1.82, 2.24) is 5.32 Å². The largest absolute Gasteiger partial charge is 0.394 e. The molecule has 2 atom stereocenters. The van der Waals surface area contributed by atoms with Gasteiger partial charge in [-0.3, -0.25) is 4.79 Å². The van der Waals surface area contributed by atoms with Crippen molar-refractivity contribution in [1.29, 1.82) is 0 Å². The fourth-order valence-corrected chi connectivity index (χ4v) is 9.51. The number of allylic oxidation sites excluding steroid dienone is 5. The zero-order valence-corrected chi connectivity index (χ0v) is 45.0. The molecule has 1 amide bonds. The molecule has 66 heavy (non-hydrogen) atoms. The fourth-order valence-electron chi connectivity index (χ4n) is 9.51. The summed E-state index contributed by atoms with van der Waals surface area (Å²) in [6.07, 6.45) is 79.1. The molecule has 0 aromatic heterocycles. The summed E-state index contributed by atoms with van der Waals surface area (Å²) in [4.78, 5) is 12.5. The van der Waals surface area contributed by atoms with Gasteiger partial charge in [-0.05, 0) is 44.9 Å². The van der Waals surface area contributed by atoms with Gasteiger partial charge >= 0.3 is 0 Å². The molecular formula is C62H119NO3. The van der Waals surface area contributed by atoms with Crippen LogP contribution in [0.1, 0.15) is 335 Å². The van der Waals surface area contributed by atoms with Crippen LogP contribution in [0.2, 0.25) is 0 Å². The summed E-state index contributed by atoms with van der Waals surface area (Å²) < 4.78 is 0. The summed E-state index contributed by atoms with van der Waals surface area (Å²) in [5, 5.41) is 23.2. The summed E-state index contributed by atoms with van der Waals surface area (Å²) in [7, 11) is 0. The highest BCUT2D eigenvalue weighted by molar-refractivity contribution is 5.76. The number of aliphatic hydroxyl groups is 2. The molecule has 0 aromatic carbocycles. The van der Waals surface area contributed by atoms with Crippen molar-refractivity contribution in [2.45, 2.75) is 347 Å². The van der Waals surface area contributed by atoms with Crippen molar-refractivity contribution < 1.29 is 15.0 Å². The molecule has 0 bridgehead atoms. The first-order valence-electron chi connectivity index (χ1n) is 30.2. The van der Waals surface area contributed by atoms with Crippen molar-refractivity contribution in [2.24, 2.45) is 0 Å². The van der Waals surface area contributed by atoms with Crippen LogP contribution in [0.3, 0.4) is 0 Å². The number of hydrogen-bond acceptors (Lipinski definition) is 3.